The Morgan fingerprint density at radius 2 is 1.61 bits per heavy atom. The monoisotopic (exact) mass is 509 g/mol. The minimum Gasteiger partial charge on any atom is -0.483 e. The molecule has 0 bridgehead atoms. The van der Waals surface area contributed by atoms with Gasteiger partial charge in [0.25, 0.3) is 11.8 Å². The van der Waals surface area contributed by atoms with Crippen LogP contribution in [0.5, 0.6) is 5.75 Å². The zero-order valence-corrected chi connectivity index (χ0v) is 22.1. The summed E-state index contributed by atoms with van der Waals surface area (Å²) in [5.41, 5.74) is 7.36. The highest BCUT2D eigenvalue weighted by Gasteiger charge is 2.33. The number of carbonyl (C=O) groups is 2. The zero-order chi connectivity index (χ0) is 26.5. The molecule has 2 aliphatic carbocycles. The van der Waals surface area contributed by atoms with Crippen molar-refractivity contribution in [3.05, 3.63) is 95.1 Å². The molecule has 2 aliphatic rings. The van der Waals surface area contributed by atoms with Crippen LogP contribution in [0.4, 0.5) is 11.4 Å². The van der Waals surface area contributed by atoms with Gasteiger partial charge < -0.3 is 20.3 Å². The van der Waals surface area contributed by atoms with E-state index in [4.69, 9.17) is 4.74 Å². The number of hydrogen-bond acceptors (Lipinski definition) is 4. The number of rotatable bonds is 9. The number of ether oxygens (including phenoxy) is 1. The zero-order valence-electron chi connectivity index (χ0n) is 22.1. The Labute approximate surface area is 224 Å². The maximum Gasteiger partial charge on any atom is 0.259 e. The smallest absolute Gasteiger partial charge is 0.259 e. The maximum atomic E-state index is 13.1. The molecule has 2 amide bonds. The summed E-state index contributed by atoms with van der Waals surface area (Å²) in [6, 6.07) is 23.1. The first-order valence-electron chi connectivity index (χ1n) is 13.6. The largest absolute Gasteiger partial charge is 0.483 e. The van der Waals surface area contributed by atoms with E-state index in [0.717, 1.165) is 38.0 Å². The van der Waals surface area contributed by atoms with Gasteiger partial charge in [0.15, 0.2) is 6.61 Å². The predicted molar refractivity (Wildman–Crippen MR) is 153 cm³/mol. The number of amides is 2. The van der Waals surface area contributed by atoms with Gasteiger partial charge in [0.05, 0.1) is 11.6 Å². The molecule has 0 radical (unpaired) electrons. The van der Waals surface area contributed by atoms with Crippen LogP contribution in [0.15, 0.2) is 78.4 Å². The van der Waals surface area contributed by atoms with Crippen LogP contribution < -0.4 is 20.3 Å². The fraction of sp³-hybridized carbons (Fsp3) is 0.312. The van der Waals surface area contributed by atoms with Crippen molar-refractivity contribution in [2.75, 3.05) is 29.9 Å². The molecule has 0 aromatic heterocycles. The molecule has 0 fully saturated rings. The third-order valence-electron chi connectivity index (χ3n) is 7.51. The average molecular weight is 510 g/mol. The van der Waals surface area contributed by atoms with Crippen LogP contribution in [0.25, 0.3) is 5.57 Å². The van der Waals surface area contributed by atoms with Crippen LogP contribution in [-0.4, -0.2) is 31.5 Å². The van der Waals surface area contributed by atoms with Gasteiger partial charge in [0.2, 0.25) is 0 Å². The van der Waals surface area contributed by atoms with Gasteiger partial charge in [-0.25, -0.2) is 0 Å². The molecule has 3 aromatic rings. The standard InChI is InChI=1S/C32H35N3O3/c1-3-35(4-2)23-19-17-22(18-20-23)33-32(37)28-15-9-10-16-29(28)38-21-30(36)34-31-26-13-7-5-11-24(26)25-12-6-8-14-27(25)31/h5,7,9-11,13,15-20,31H,3-4,6,8,12,14,21H2,1-2H3,(H,33,37)(H,34,36). The summed E-state index contributed by atoms with van der Waals surface area (Å²) in [7, 11) is 0. The summed E-state index contributed by atoms with van der Waals surface area (Å²) in [6.07, 6.45) is 4.41. The molecule has 6 heteroatoms. The van der Waals surface area contributed by atoms with Gasteiger partial charge in [0, 0.05) is 24.5 Å². The topological polar surface area (TPSA) is 70.7 Å². The third kappa shape index (κ3) is 5.30. The number of carbonyl (C=O) groups excluding carboxylic acids is 2. The minimum absolute atomic E-state index is 0.101. The van der Waals surface area contributed by atoms with Gasteiger partial charge in [-0.2, -0.15) is 0 Å². The van der Waals surface area contributed by atoms with Crippen molar-refractivity contribution in [1.29, 1.82) is 0 Å². The number of para-hydroxylation sites is 1. The van der Waals surface area contributed by atoms with Crippen LogP contribution in [-0.2, 0) is 4.79 Å². The molecule has 2 N–H and O–H groups in total. The first-order valence-corrected chi connectivity index (χ1v) is 13.6. The second-order valence-electron chi connectivity index (χ2n) is 9.76. The molecule has 1 atom stereocenters. The van der Waals surface area contributed by atoms with Crippen molar-refractivity contribution in [1.82, 2.24) is 5.32 Å². The normalized spacial score (nSPS) is 15.9. The molecule has 3 aromatic carbocycles. The van der Waals surface area contributed by atoms with E-state index < -0.39 is 0 Å². The van der Waals surface area contributed by atoms with Crippen LogP contribution >= 0.6 is 0 Å². The summed E-state index contributed by atoms with van der Waals surface area (Å²) in [6.45, 7) is 5.92. The highest BCUT2D eigenvalue weighted by atomic mass is 16.5. The molecule has 0 spiro atoms. The van der Waals surface area contributed by atoms with Crippen molar-refractivity contribution < 1.29 is 14.3 Å². The molecule has 6 nitrogen and oxygen atoms in total. The molecule has 0 saturated carbocycles. The summed E-state index contributed by atoms with van der Waals surface area (Å²) in [4.78, 5) is 28.3. The molecule has 1 unspecified atom stereocenters. The van der Waals surface area contributed by atoms with E-state index in [-0.39, 0.29) is 24.5 Å². The predicted octanol–water partition coefficient (Wildman–Crippen LogP) is 6.36. The number of hydrogen-bond donors (Lipinski definition) is 2. The third-order valence-corrected chi connectivity index (χ3v) is 7.51. The number of benzene rings is 3. The van der Waals surface area contributed by atoms with Crippen molar-refractivity contribution >= 4 is 28.8 Å². The minimum atomic E-state index is -0.279. The van der Waals surface area contributed by atoms with Crippen molar-refractivity contribution in [3.63, 3.8) is 0 Å². The number of allylic oxidation sites excluding steroid dienone is 1. The van der Waals surface area contributed by atoms with E-state index >= 15 is 0 Å². The van der Waals surface area contributed by atoms with Crippen LogP contribution in [0.3, 0.4) is 0 Å². The van der Waals surface area contributed by atoms with Crippen molar-refractivity contribution in [2.24, 2.45) is 0 Å². The van der Waals surface area contributed by atoms with Gasteiger partial charge in [-0.3, -0.25) is 9.59 Å². The first kappa shape index (κ1) is 25.6. The van der Waals surface area contributed by atoms with Crippen molar-refractivity contribution in [3.8, 4) is 5.75 Å². The summed E-state index contributed by atoms with van der Waals surface area (Å²) in [5, 5.41) is 6.14. The summed E-state index contributed by atoms with van der Waals surface area (Å²) < 4.78 is 5.88. The SMILES string of the molecule is CCN(CC)c1ccc(NC(=O)c2ccccc2OCC(=O)NC2C3=C(CCCC3)c3ccccc32)cc1. The molecule has 196 valence electrons. The van der Waals surface area contributed by atoms with E-state index in [2.05, 4.69) is 47.6 Å². The fourth-order valence-electron chi connectivity index (χ4n) is 5.60. The number of nitrogens with one attached hydrogen (secondary N) is 2. The van der Waals surface area contributed by atoms with Crippen molar-refractivity contribution in [2.45, 2.75) is 45.6 Å². The molecule has 38 heavy (non-hydrogen) atoms. The molecular weight excluding hydrogens is 474 g/mol. The highest BCUT2D eigenvalue weighted by molar-refractivity contribution is 6.06. The van der Waals surface area contributed by atoms with E-state index in [9.17, 15) is 9.59 Å². The molecule has 5 rings (SSSR count). The number of fused-ring (bicyclic) bond motifs is 2. The Bertz CT molecular complexity index is 1340. The van der Waals surface area contributed by atoms with E-state index in [0.29, 0.717) is 17.0 Å². The summed E-state index contributed by atoms with van der Waals surface area (Å²) >= 11 is 0. The lowest BCUT2D eigenvalue weighted by atomic mass is 9.91. The molecular formula is C32H35N3O3. The Kier molecular flexibility index (Phi) is 7.78. The number of anilines is 2. The lowest BCUT2D eigenvalue weighted by Gasteiger charge is -2.21. The van der Waals surface area contributed by atoms with Gasteiger partial charge in [0.1, 0.15) is 5.75 Å². The second-order valence-corrected chi connectivity index (χ2v) is 9.76. The van der Waals surface area contributed by atoms with Gasteiger partial charge in [-0.05, 0) is 98.2 Å². The Balaban J connectivity index is 1.23. The Morgan fingerprint density at radius 1 is 0.895 bits per heavy atom. The van der Waals surface area contributed by atoms with Crippen LogP contribution in [0.2, 0.25) is 0 Å². The second kappa shape index (κ2) is 11.5. The van der Waals surface area contributed by atoms with Gasteiger partial charge >= 0.3 is 0 Å². The molecule has 0 saturated heterocycles. The first-order chi connectivity index (χ1) is 18.6. The van der Waals surface area contributed by atoms with E-state index in [1.807, 2.05) is 30.3 Å². The lowest BCUT2D eigenvalue weighted by molar-refractivity contribution is -0.123. The van der Waals surface area contributed by atoms with E-state index in [1.165, 1.54) is 28.7 Å². The van der Waals surface area contributed by atoms with Crippen LogP contribution in [0.1, 0.15) is 67.1 Å². The maximum absolute atomic E-state index is 13.1. The highest BCUT2D eigenvalue weighted by Crippen LogP contribution is 2.47. The average Bonchev–Trinajstić information content (AvgIpc) is 3.27. The summed E-state index contributed by atoms with van der Waals surface area (Å²) in [5.74, 6) is -0.103. The quantitative estimate of drug-likeness (QED) is 0.352. The van der Waals surface area contributed by atoms with Crippen LogP contribution in [0, 0.1) is 0 Å². The van der Waals surface area contributed by atoms with Gasteiger partial charge in [-0.15, -0.1) is 0 Å². The van der Waals surface area contributed by atoms with E-state index in [1.54, 1.807) is 24.3 Å². The molecule has 0 aliphatic heterocycles. The lowest BCUT2D eigenvalue weighted by Crippen LogP contribution is -2.33. The Morgan fingerprint density at radius 3 is 2.39 bits per heavy atom. The number of nitrogens with zero attached hydrogens (tertiary/aromatic N) is 1. The Hall–Kier alpha value is -4.06. The molecule has 0 heterocycles. The van der Waals surface area contributed by atoms with Gasteiger partial charge in [-0.1, -0.05) is 36.4 Å². The fourth-order valence-corrected chi connectivity index (χ4v) is 5.60.